The van der Waals surface area contributed by atoms with Crippen molar-refractivity contribution in [1.29, 1.82) is 0 Å². The zero-order chi connectivity index (χ0) is 10.8. The van der Waals surface area contributed by atoms with Gasteiger partial charge >= 0.3 is 3.98 Å². The van der Waals surface area contributed by atoms with Gasteiger partial charge in [0.1, 0.15) is 6.54 Å². The lowest BCUT2D eigenvalue weighted by Gasteiger charge is -2.06. The van der Waals surface area contributed by atoms with Gasteiger partial charge in [-0.25, -0.2) is 4.58 Å². The lowest BCUT2D eigenvalue weighted by atomic mass is 10.1. The predicted molar refractivity (Wildman–Crippen MR) is 70.7 cm³/mol. The highest BCUT2D eigenvalue weighted by Gasteiger charge is 2.30. The van der Waals surface area contributed by atoms with Crippen molar-refractivity contribution >= 4 is 22.7 Å². The molecule has 0 spiro atoms. The van der Waals surface area contributed by atoms with Crippen LogP contribution < -0.4 is 8.56 Å². The molecular weight excluding hydrogens is 234 g/mol. The molecule has 1 atom stereocenters. The van der Waals surface area contributed by atoms with Crippen LogP contribution in [0.3, 0.4) is 0 Å². The van der Waals surface area contributed by atoms with Crippen LogP contribution in [0, 0.1) is 0 Å². The Morgan fingerprint density at radius 1 is 1.06 bits per heavy atom. The van der Waals surface area contributed by atoms with E-state index in [9.17, 15) is 0 Å². The molecule has 2 heterocycles. The highest BCUT2D eigenvalue weighted by Crippen LogP contribution is 2.26. The quantitative estimate of drug-likeness (QED) is 0.682. The van der Waals surface area contributed by atoms with Gasteiger partial charge in [0.25, 0.3) is 0 Å². The van der Waals surface area contributed by atoms with Gasteiger partial charge in [0, 0.05) is 29.2 Å². The maximum Gasteiger partial charge on any atom is 0.314 e. The summed E-state index contributed by atoms with van der Waals surface area (Å²) in [4.78, 5) is 0. The summed E-state index contributed by atoms with van der Waals surface area (Å²) in [6.07, 6.45) is 2.60. The molecule has 2 aromatic rings. The van der Waals surface area contributed by atoms with Gasteiger partial charge in [-0.05, 0) is 0 Å². The first-order chi connectivity index (χ1) is 7.95. The molecule has 1 nitrogen and oxygen atoms in total. The van der Waals surface area contributed by atoms with Gasteiger partial charge in [0.15, 0.2) is 6.04 Å². The van der Waals surface area contributed by atoms with E-state index in [0.29, 0.717) is 6.04 Å². The third-order valence-electron chi connectivity index (χ3n) is 3.06. The zero-order valence-electron chi connectivity index (χ0n) is 9.00. The largest absolute Gasteiger partial charge is 0.314 e. The average molecular weight is 248 g/mol. The van der Waals surface area contributed by atoms with Crippen LogP contribution in [0.1, 0.15) is 24.4 Å². The first-order valence-corrected chi connectivity index (χ1v) is 7.38. The minimum absolute atomic E-state index is 0.594. The fourth-order valence-electron chi connectivity index (χ4n) is 2.34. The van der Waals surface area contributed by atoms with Crippen LogP contribution in [0.2, 0.25) is 0 Å². The van der Waals surface area contributed by atoms with Crippen molar-refractivity contribution in [3.05, 3.63) is 50.6 Å². The Kier molecular flexibility index (Phi) is 2.89. The molecular formula is C13H14NS2+. The second kappa shape index (κ2) is 4.52. The Morgan fingerprint density at radius 3 is 2.56 bits per heavy atom. The lowest BCUT2D eigenvalue weighted by Crippen LogP contribution is -2.25. The number of benzene rings is 1. The van der Waals surface area contributed by atoms with E-state index in [4.69, 9.17) is 0 Å². The Hall–Kier alpha value is -0.930. The Balaban J connectivity index is 2.07. The number of hydrogen-bond donors (Lipinski definition) is 0. The van der Waals surface area contributed by atoms with Crippen LogP contribution in [-0.4, -0.2) is 6.54 Å². The zero-order valence-corrected chi connectivity index (χ0v) is 10.6. The Morgan fingerprint density at radius 2 is 1.81 bits per heavy atom. The van der Waals surface area contributed by atoms with E-state index in [-0.39, 0.29) is 0 Å². The molecule has 0 radical (unpaired) electrons. The minimum Gasteiger partial charge on any atom is -0.205 e. The molecule has 3 heteroatoms. The molecule has 1 saturated heterocycles. The number of nitrogens with zero attached hydrogens (tertiary/aromatic N) is 1. The van der Waals surface area contributed by atoms with Gasteiger partial charge in [-0.3, -0.25) is 0 Å². The van der Waals surface area contributed by atoms with Crippen LogP contribution in [0.25, 0.3) is 0 Å². The SMILES string of the molecule is c1ccc(C2CCC[N+]2=c2sccs2)cc1. The monoisotopic (exact) mass is 248 g/mol. The van der Waals surface area contributed by atoms with Crippen molar-refractivity contribution in [3.8, 4) is 0 Å². The first kappa shape index (κ1) is 10.2. The molecule has 1 aromatic heterocycles. The summed E-state index contributed by atoms with van der Waals surface area (Å²) >= 11 is 3.73. The maximum atomic E-state index is 2.56. The molecule has 1 aliphatic heterocycles. The van der Waals surface area contributed by atoms with Gasteiger partial charge in [0.05, 0.1) is 0 Å². The number of hydrogen-bond acceptors (Lipinski definition) is 2. The summed E-state index contributed by atoms with van der Waals surface area (Å²) in [7, 11) is 0. The molecule has 0 aliphatic carbocycles. The molecule has 0 amide bonds. The van der Waals surface area contributed by atoms with Crippen molar-refractivity contribution in [2.45, 2.75) is 18.9 Å². The molecule has 1 fully saturated rings. The Bertz CT molecular complexity index is 507. The summed E-state index contributed by atoms with van der Waals surface area (Å²) < 4.78 is 4.01. The van der Waals surface area contributed by atoms with E-state index < -0.39 is 0 Å². The van der Waals surface area contributed by atoms with E-state index in [1.807, 2.05) is 22.7 Å². The van der Waals surface area contributed by atoms with Gasteiger partial charge in [-0.1, -0.05) is 53.0 Å². The van der Waals surface area contributed by atoms with Crippen molar-refractivity contribution in [3.63, 3.8) is 0 Å². The summed E-state index contributed by atoms with van der Waals surface area (Å²) in [5.41, 5.74) is 1.46. The molecule has 1 aromatic carbocycles. The molecule has 0 N–H and O–H groups in total. The third-order valence-corrected chi connectivity index (χ3v) is 5.23. The first-order valence-electron chi connectivity index (χ1n) is 5.62. The van der Waals surface area contributed by atoms with Crippen LogP contribution >= 0.6 is 22.7 Å². The minimum atomic E-state index is 0.594. The highest BCUT2D eigenvalue weighted by molar-refractivity contribution is 7.24. The smallest absolute Gasteiger partial charge is 0.205 e. The van der Waals surface area contributed by atoms with Crippen molar-refractivity contribution < 1.29 is 0 Å². The second-order valence-corrected chi connectivity index (χ2v) is 6.08. The third kappa shape index (κ3) is 1.85. The molecule has 1 unspecified atom stereocenters. The van der Waals surface area contributed by atoms with Crippen LogP contribution in [0.15, 0.2) is 41.1 Å². The Labute approximate surface area is 103 Å². The van der Waals surface area contributed by atoms with Crippen LogP contribution in [0.4, 0.5) is 0 Å². The summed E-state index contributed by atoms with van der Waals surface area (Å²) in [6, 6.07) is 11.5. The molecule has 3 rings (SSSR count). The molecule has 0 saturated carbocycles. The fourth-order valence-corrected chi connectivity index (χ4v) is 4.28. The molecule has 0 bridgehead atoms. The van der Waals surface area contributed by atoms with E-state index in [0.717, 1.165) is 0 Å². The fraction of sp³-hybridized carbons (Fsp3) is 0.308. The van der Waals surface area contributed by atoms with Gasteiger partial charge in [0.2, 0.25) is 0 Å². The lowest BCUT2D eigenvalue weighted by molar-refractivity contribution is 0.557. The van der Waals surface area contributed by atoms with E-state index in [2.05, 4.69) is 45.7 Å². The van der Waals surface area contributed by atoms with Crippen molar-refractivity contribution in [2.75, 3.05) is 6.54 Å². The summed E-state index contributed by atoms with van der Waals surface area (Å²) in [5.74, 6) is 0. The van der Waals surface area contributed by atoms with Gasteiger partial charge < -0.3 is 0 Å². The standard InChI is InChI=1S/C13H14NS2/c1-2-5-11(6-3-1)12-7-4-8-14(12)13-15-9-10-16-13/h1-3,5-6,9-10,12H,4,7-8H2/q+1. The van der Waals surface area contributed by atoms with E-state index in [1.54, 1.807) is 0 Å². The molecule has 16 heavy (non-hydrogen) atoms. The highest BCUT2D eigenvalue weighted by atomic mass is 32.2. The van der Waals surface area contributed by atoms with Crippen molar-refractivity contribution in [1.82, 2.24) is 4.58 Å². The number of rotatable bonds is 1. The predicted octanol–water partition coefficient (Wildman–Crippen LogP) is 3.12. The van der Waals surface area contributed by atoms with E-state index in [1.165, 1.54) is 28.9 Å². The van der Waals surface area contributed by atoms with Gasteiger partial charge in [-0.15, -0.1) is 0 Å². The normalized spacial score (nSPS) is 20.2. The average Bonchev–Trinajstić information content (AvgIpc) is 3.01. The topological polar surface area (TPSA) is 3.01 Å². The maximum absolute atomic E-state index is 2.56. The van der Waals surface area contributed by atoms with Crippen LogP contribution in [-0.2, 0) is 0 Å². The summed E-state index contributed by atoms with van der Waals surface area (Å²) in [5, 5.41) is 4.36. The molecule has 1 aliphatic rings. The van der Waals surface area contributed by atoms with Gasteiger partial charge in [-0.2, -0.15) is 0 Å². The van der Waals surface area contributed by atoms with Crippen molar-refractivity contribution in [2.24, 2.45) is 0 Å². The van der Waals surface area contributed by atoms with Crippen LogP contribution in [0.5, 0.6) is 0 Å². The van der Waals surface area contributed by atoms with E-state index >= 15 is 0 Å². The second-order valence-electron chi connectivity index (χ2n) is 4.04. The summed E-state index contributed by atoms with van der Waals surface area (Å²) in [6.45, 7) is 1.20. The molecule has 82 valence electrons.